The Kier molecular flexibility index (Phi) is 12.5. The average molecular weight is 532 g/mol. The topological polar surface area (TPSA) is 89.1 Å². The second kappa shape index (κ2) is 15.6. The lowest BCUT2D eigenvalue weighted by molar-refractivity contribution is -0.123. The molecule has 8 heteroatoms. The van der Waals surface area contributed by atoms with Crippen LogP contribution in [0.5, 0.6) is 5.75 Å². The molecule has 1 aromatic rings. The predicted molar refractivity (Wildman–Crippen MR) is 150 cm³/mol. The maximum atomic E-state index is 13.6. The van der Waals surface area contributed by atoms with Crippen molar-refractivity contribution in [2.45, 2.75) is 65.0 Å². The minimum atomic E-state index is 0.0298. The van der Waals surface area contributed by atoms with Crippen LogP contribution in [0.1, 0.15) is 61.9 Å². The molecule has 0 aromatic heterocycles. The van der Waals surface area contributed by atoms with Crippen LogP contribution in [0.4, 0.5) is 0 Å². The summed E-state index contributed by atoms with van der Waals surface area (Å²) < 4.78 is 16.5. The Labute approximate surface area is 229 Å². The molecule has 1 amide bonds. The first-order valence-electron chi connectivity index (χ1n) is 14.3. The molecule has 1 aliphatic carbocycles. The van der Waals surface area contributed by atoms with Crippen molar-refractivity contribution in [2.75, 3.05) is 60.2 Å². The van der Waals surface area contributed by atoms with Crippen LogP contribution in [0.2, 0.25) is 0 Å². The van der Waals surface area contributed by atoms with Crippen molar-refractivity contribution in [3.63, 3.8) is 0 Å². The van der Waals surface area contributed by atoms with Gasteiger partial charge >= 0.3 is 0 Å². The van der Waals surface area contributed by atoms with Crippen molar-refractivity contribution < 1.29 is 23.8 Å². The van der Waals surface area contributed by atoms with Gasteiger partial charge < -0.3 is 29.7 Å². The zero-order valence-electron chi connectivity index (χ0n) is 24.1. The van der Waals surface area contributed by atoms with Crippen LogP contribution in [-0.4, -0.2) is 88.9 Å². The monoisotopic (exact) mass is 531 g/mol. The largest absolute Gasteiger partial charge is 0.493 e. The van der Waals surface area contributed by atoms with Gasteiger partial charge in [-0.1, -0.05) is 6.07 Å². The summed E-state index contributed by atoms with van der Waals surface area (Å²) in [6.07, 6.45) is 4.92. The maximum Gasteiger partial charge on any atom is 0.254 e. The SMILES string of the molecule is COCCCOc1cc(C(=O)N(C[C@@H]2CNC[C@H]2CNCC(=O)[C@H]2CC[C@@H](OC)CC2)C(C)C)ccc1C. The minimum absolute atomic E-state index is 0.0298. The van der Waals surface area contributed by atoms with Crippen molar-refractivity contribution in [3.8, 4) is 5.75 Å². The highest BCUT2D eigenvalue weighted by Gasteiger charge is 2.32. The normalized spacial score (nSPS) is 23.5. The second-order valence-corrected chi connectivity index (χ2v) is 11.2. The smallest absolute Gasteiger partial charge is 0.254 e. The summed E-state index contributed by atoms with van der Waals surface area (Å²) in [5, 5.41) is 6.94. The van der Waals surface area contributed by atoms with Gasteiger partial charge in [-0.15, -0.1) is 0 Å². The highest BCUT2D eigenvalue weighted by atomic mass is 16.5. The molecule has 0 bridgehead atoms. The van der Waals surface area contributed by atoms with E-state index >= 15 is 0 Å². The Hall–Kier alpha value is -2.00. The van der Waals surface area contributed by atoms with Crippen LogP contribution in [0.3, 0.4) is 0 Å². The highest BCUT2D eigenvalue weighted by molar-refractivity contribution is 5.95. The number of aryl methyl sites for hydroxylation is 1. The van der Waals surface area contributed by atoms with Gasteiger partial charge in [-0.05, 0) is 89.1 Å². The Morgan fingerprint density at radius 3 is 2.50 bits per heavy atom. The van der Waals surface area contributed by atoms with Crippen LogP contribution in [0.15, 0.2) is 18.2 Å². The van der Waals surface area contributed by atoms with Gasteiger partial charge in [0.2, 0.25) is 0 Å². The van der Waals surface area contributed by atoms with Crippen LogP contribution in [0.25, 0.3) is 0 Å². The molecule has 0 spiro atoms. The fourth-order valence-corrected chi connectivity index (χ4v) is 5.61. The Morgan fingerprint density at radius 2 is 1.82 bits per heavy atom. The number of carbonyl (C=O) groups excluding carboxylic acids is 2. The van der Waals surface area contributed by atoms with E-state index in [1.807, 2.05) is 30.0 Å². The first-order valence-corrected chi connectivity index (χ1v) is 14.3. The Balaban J connectivity index is 1.53. The number of amides is 1. The van der Waals surface area contributed by atoms with E-state index in [1.165, 1.54) is 0 Å². The molecule has 1 aromatic carbocycles. The molecule has 1 saturated heterocycles. The van der Waals surface area contributed by atoms with E-state index in [2.05, 4.69) is 24.5 Å². The summed E-state index contributed by atoms with van der Waals surface area (Å²) in [6, 6.07) is 5.80. The summed E-state index contributed by atoms with van der Waals surface area (Å²) in [5.41, 5.74) is 1.67. The first kappa shape index (κ1) is 30.5. The maximum absolute atomic E-state index is 13.6. The molecule has 0 unspecified atom stereocenters. The van der Waals surface area contributed by atoms with Crippen LogP contribution < -0.4 is 15.4 Å². The van der Waals surface area contributed by atoms with E-state index in [-0.39, 0.29) is 17.9 Å². The van der Waals surface area contributed by atoms with Gasteiger partial charge in [0, 0.05) is 57.9 Å². The third-order valence-corrected chi connectivity index (χ3v) is 8.15. The number of hydrogen-bond donors (Lipinski definition) is 2. The Morgan fingerprint density at radius 1 is 1.08 bits per heavy atom. The van der Waals surface area contributed by atoms with E-state index < -0.39 is 0 Å². The number of nitrogens with one attached hydrogen (secondary N) is 2. The second-order valence-electron chi connectivity index (χ2n) is 11.2. The lowest BCUT2D eigenvalue weighted by atomic mass is 9.84. The van der Waals surface area contributed by atoms with E-state index in [1.54, 1.807) is 14.2 Å². The summed E-state index contributed by atoms with van der Waals surface area (Å²) in [7, 11) is 3.44. The van der Waals surface area contributed by atoms with Crippen molar-refractivity contribution in [1.82, 2.24) is 15.5 Å². The molecule has 2 atom stereocenters. The molecule has 1 aliphatic heterocycles. The van der Waals surface area contributed by atoms with E-state index in [0.29, 0.717) is 55.6 Å². The van der Waals surface area contributed by atoms with Crippen molar-refractivity contribution in [1.29, 1.82) is 0 Å². The van der Waals surface area contributed by atoms with Crippen molar-refractivity contribution in [3.05, 3.63) is 29.3 Å². The molecule has 38 heavy (non-hydrogen) atoms. The minimum Gasteiger partial charge on any atom is -0.493 e. The fraction of sp³-hybridized carbons (Fsp3) is 0.733. The summed E-state index contributed by atoms with van der Waals surface area (Å²) >= 11 is 0. The third kappa shape index (κ3) is 8.76. The molecule has 2 fully saturated rings. The van der Waals surface area contributed by atoms with Crippen LogP contribution >= 0.6 is 0 Å². The molecule has 0 radical (unpaired) electrons. The number of ether oxygens (including phenoxy) is 3. The number of Topliss-reactive ketones (excluding diaryl/α,β-unsaturated/α-hetero) is 1. The number of methoxy groups -OCH3 is 2. The van der Waals surface area contributed by atoms with Crippen molar-refractivity contribution in [2.24, 2.45) is 17.8 Å². The molecule has 2 N–H and O–H groups in total. The van der Waals surface area contributed by atoms with Gasteiger partial charge in [-0.25, -0.2) is 0 Å². The quantitative estimate of drug-likeness (QED) is 0.335. The molecule has 1 saturated carbocycles. The number of nitrogens with zero attached hydrogens (tertiary/aromatic N) is 1. The third-order valence-electron chi connectivity index (χ3n) is 8.15. The Bertz CT molecular complexity index is 885. The van der Waals surface area contributed by atoms with E-state index in [4.69, 9.17) is 14.2 Å². The standard InChI is InChI=1S/C30H49N3O5/c1-21(2)33(30(35)24-8-7-22(3)29(15-24)38-14-6-13-36-4)20-26-18-31-16-25(26)17-32-19-28(34)23-9-11-27(37-5)12-10-23/h7-8,15,21,23,25-27,31-32H,6,9-14,16-20H2,1-5H3/t23-,25-,26-,27+/m0/s1. The van der Waals surface area contributed by atoms with Gasteiger partial charge in [0.25, 0.3) is 5.91 Å². The molecule has 8 nitrogen and oxygen atoms in total. The lowest BCUT2D eigenvalue weighted by Gasteiger charge is -2.32. The fourth-order valence-electron chi connectivity index (χ4n) is 5.61. The van der Waals surface area contributed by atoms with Gasteiger partial charge in [0.15, 0.2) is 0 Å². The van der Waals surface area contributed by atoms with Gasteiger partial charge in [-0.3, -0.25) is 9.59 Å². The molecule has 2 aliphatic rings. The lowest BCUT2D eigenvalue weighted by Crippen LogP contribution is -2.43. The molecular formula is C30H49N3O5. The average Bonchev–Trinajstić information content (AvgIpc) is 3.37. The number of hydrogen-bond acceptors (Lipinski definition) is 7. The van der Waals surface area contributed by atoms with Gasteiger partial charge in [0.1, 0.15) is 11.5 Å². The van der Waals surface area contributed by atoms with Crippen LogP contribution in [0, 0.1) is 24.7 Å². The van der Waals surface area contributed by atoms with Crippen molar-refractivity contribution >= 4 is 11.7 Å². The zero-order valence-corrected chi connectivity index (χ0v) is 24.1. The number of ketones is 1. The molecule has 3 rings (SSSR count). The number of carbonyl (C=O) groups is 2. The van der Waals surface area contributed by atoms with Gasteiger partial charge in [0.05, 0.1) is 19.3 Å². The van der Waals surface area contributed by atoms with Crippen LogP contribution in [-0.2, 0) is 14.3 Å². The number of rotatable bonds is 15. The van der Waals surface area contributed by atoms with E-state index in [0.717, 1.165) is 63.1 Å². The summed E-state index contributed by atoms with van der Waals surface area (Å²) in [6.45, 7) is 11.0. The molecular weight excluding hydrogens is 482 g/mol. The van der Waals surface area contributed by atoms with Gasteiger partial charge in [-0.2, -0.15) is 0 Å². The molecule has 1 heterocycles. The summed E-state index contributed by atoms with van der Waals surface area (Å²) in [5.74, 6) is 1.96. The van der Waals surface area contributed by atoms with E-state index in [9.17, 15) is 9.59 Å². The summed E-state index contributed by atoms with van der Waals surface area (Å²) in [4.78, 5) is 28.3. The molecule has 214 valence electrons. The number of benzene rings is 1. The first-order chi connectivity index (χ1) is 18.3. The zero-order chi connectivity index (χ0) is 27.5. The predicted octanol–water partition coefficient (Wildman–Crippen LogP) is 3.46. The highest BCUT2D eigenvalue weighted by Crippen LogP contribution is 2.27.